The molecule has 1 heterocycles. The third-order valence-electron chi connectivity index (χ3n) is 3.99. The van der Waals surface area contributed by atoms with Gasteiger partial charge in [-0.2, -0.15) is 5.10 Å². The molecule has 2 unspecified atom stereocenters. The maximum atomic E-state index is 5.74. The van der Waals surface area contributed by atoms with E-state index in [9.17, 15) is 0 Å². The molecule has 1 saturated carbocycles. The molecule has 2 aromatic rings. The van der Waals surface area contributed by atoms with Crippen LogP contribution in [0.4, 0.5) is 0 Å². The van der Waals surface area contributed by atoms with Gasteiger partial charge >= 0.3 is 0 Å². The molecule has 1 aliphatic rings. The molecule has 0 spiro atoms. The Hall–Kier alpha value is -1.65. The monoisotopic (exact) mass is 271 g/mol. The summed E-state index contributed by atoms with van der Waals surface area (Å²) in [6, 6.07) is 12.5. The molecule has 4 heteroatoms. The summed E-state index contributed by atoms with van der Waals surface area (Å²) in [5.41, 5.74) is 2.23. The lowest BCUT2D eigenvalue weighted by atomic mass is 10.0. The number of hydrogen-bond donors (Lipinski definition) is 1. The minimum absolute atomic E-state index is 0.162. The average molecular weight is 271 g/mol. The van der Waals surface area contributed by atoms with Gasteiger partial charge in [0.25, 0.3) is 0 Å². The molecule has 0 radical (unpaired) electrons. The van der Waals surface area contributed by atoms with Crippen LogP contribution in [0.2, 0.25) is 0 Å². The van der Waals surface area contributed by atoms with Gasteiger partial charge in [-0.15, -0.1) is 0 Å². The number of likely N-dealkylation sites (N-methyl/N-ethyl adjacent to an activating group) is 1. The maximum Gasteiger partial charge on any atom is 0.0809 e. The van der Waals surface area contributed by atoms with E-state index in [1.165, 1.54) is 12.8 Å². The number of ether oxygens (including phenoxy) is 1. The van der Waals surface area contributed by atoms with E-state index >= 15 is 0 Å². The van der Waals surface area contributed by atoms with Crippen molar-refractivity contribution in [2.24, 2.45) is 5.92 Å². The Kier molecular flexibility index (Phi) is 3.85. The highest BCUT2D eigenvalue weighted by Crippen LogP contribution is 2.39. The van der Waals surface area contributed by atoms with Crippen molar-refractivity contribution in [2.75, 3.05) is 14.2 Å². The first-order valence-corrected chi connectivity index (χ1v) is 7.14. The van der Waals surface area contributed by atoms with Crippen LogP contribution in [0, 0.1) is 5.92 Å². The smallest absolute Gasteiger partial charge is 0.0809 e. The van der Waals surface area contributed by atoms with E-state index in [4.69, 9.17) is 4.74 Å². The SMILES string of the molecule is CNC(c1ccnn1-c1ccccc1)C(OC)C1CC1. The standard InChI is InChI=1S/C16H21N3O/c1-17-15(16(20-2)12-8-9-12)14-10-11-18-19(14)13-6-4-3-5-7-13/h3-7,10-12,15-17H,8-9H2,1-2H3. The predicted molar refractivity (Wildman–Crippen MR) is 78.9 cm³/mol. The van der Waals surface area contributed by atoms with Crippen molar-refractivity contribution in [2.45, 2.75) is 25.0 Å². The number of hydrogen-bond acceptors (Lipinski definition) is 3. The zero-order chi connectivity index (χ0) is 13.9. The molecule has 1 N–H and O–H groups in total. The van der Waals surface area contributed by atoms with Gasteiger partial charge in [-0.3, -0.25) is 0 Å². The van der Waals surface area contributed by atoms with Gasteiger partial charge in [0.05, 0.1) is 23.5 Å². The second kappa shape index (κ2) is 5.77. The zero-order valence-corrected chi connectivity index (χ0v) is 12.0. The van der Waals surface area contributed by atoms with Crippen LogP contribution >= 0.6 is 0 Å². The third kappa shape index (κ3) is 2.49. The van der Waals surface area contributed by atoms with Crippen LogP contribution < -0.4 is 5.32 Å². The highest BCUT2D eigenvalue weighted by Gasteiger charge is 2.38. The van der Waals surface area contributed by atoms with E-state index in [2.05, 4.69) is 28.6 Å². The number of nitrogens with one attached hydrogen (secondary N) is 1. The number of benzene rings is 1. The second-order valence-electron chi connectivity index (χ2n) is 5.31. The highest BCUT2D eigenvalue weighted by atomic mass is 16.5. The molecular weight excluding hydrogens is 250 g/mol. The lowest BCUT2D eigenvalue weighted by molar-refractivity contribution is 0.0511. The first-order chi connectivity index (χ1) is 9.85. The first kappa shape index (κ1) is 13.3. The second-order valence-corrected chi connectivity index (χ2v) is 5.31. The van der Waals surface area contributed by atoms with Crippen LogP contribution in [-0.4, -0.2) is 30.0 Å². The van der Waals surface area contributed by atoms with Crippen molar-refractivity contribution in [3.8, 4) is 5.69 Å². The van der Waals surface area contributed by atoms with Crippen LogP contribution in [0.25, 0.3) is 5.69 Å². The van der Waals surface area contributed by atoms with E-state index in [1.807, 2.05) is 36.1 Å². The van der Waals surface area contributed by atoms with Crippen LogP contribution in [0.15, 0.2) is 42.6 Å². The molecule has 1 fully saturated rings. The van der Waals surface area contributed by atoms with Crippen LogP contribution in [0.5, 0.6) is 0 Å². The molecule has 0 bridgehead atoms. The van der Waals surface area contributed by atoms with Crippen LogP contribution in [-0.2, 0) is 4.74 Å². The summed E-state index contributed by atoms with van der Waals surface area (Å²) < 4.78 is 7.73. The average Bonchev–Trinajstić information content (AvgIpc) is 3.22. The van der Waals surface area contributed by atoms with Gasteiger partial charge in [0, 0.05) is 13.3 Å². The molecule has 0 saturated heterocycles. The molecule has 1 aromatic heterocycles. The summed E-state index contributed by atoms with van der Waals surface area (Å²) in [5.74, 6) is 0.663. The van der Waals surface area contributed by atoms with E-state index in [-0.39, 0.29) is 12.1 Å². The summed E-state index contributed by atoms with van der Waals surface area (Å²) in [7, 11) is 3.79. The Morgan fingerprint density at radius 1 is 1.25 bits per heavy atom. The van der Waals surface area contributed by atoms with Crippen LogP contribution in [0.3, 0.4) is 0 Å². The van der Waals surface area contributed by atoms with E-state index in [0.717, 1.165) is 11.4 Å². The van der Waals surface area contributed by atoms with Crippen molar-refractivity contribution in [1.29, 1.82) is 0 Å². The molecule has 20 heavy (non-hydrogen) atoms. The van der Waals surface area contributed by atoms with Crippen molar-refractivity contribution >= 4 is 0 Å². The Labute approximate surface area is 119 Å². The zero-order valence-electron chi connectivity index (χ0n) is 12.0. The summed E-state index contributed by atoms with van der Waals surface area (Å²) in [6.07, 6.45) is 4.58. The van der Waals surface area contributed by atoms with Gasteiger partial charge in [-0.25, -0.2) is 4.68 Å². The molecule has 4 nitrogen and oxygen atoms in total. The van der Waals surface area contributed by atoms with E-state index < -0.39 is 0 Å². The molecule has 0 amide bonds. The van der Waals surface area contributed by atoms with Gasteiger partial charge in [0.15, 0.2) is 0 Å². The van der Waals surface area contributed by atoms with Crippen molar-refractivity contribution in [3.05, 3.63) is 48.3 Å². The molecule has 0 aliphatic heterocycles. The fourth-order valence-electron chi connectivity index (χ4n) is 2.84. The first-order valence-electron chi connectivity index (χ1n) is 7.14. The highest BCUT2D eigenvalue weighted by molar-refractivity contribution is 5.33. The normalized spacial score (nSPS) is 17.9. The molecule has 3 rings (SSSR count). The molecule has 1 aliphatic carbocycles. The largest absolute Gasteiger partial charge is 0.379 e. The fourth-order valence-corrected chi connectivity index (χ4v) is 2.84. The van der Waals surface area contributed by atoms with Gasteiger partial charge in [-0.05, 0) is 44.0 Å². The van der Waals surface area contributed by atoms with Gasteiger partial charge < -0.3 is 10.1 Å². The van der Waals surface area contributed by atoms with Gasteiger partial charge in [-0.1, -0.05) is 18.2 Å². The summed E-state index contributed by atoms with van der Waals surface area (Å²) in [4.78, 5) is 0. The quantitative estimate of drug-likeness (QED) is 0.877. The number of rotatable bonds is 6. The number of aromatic nitrogens is 2. The van der Waals surface area contributed by atoms with E-state index in [1.54, 1.807) is 7.11 Å². The molecule has 1 aromatic carbocycles. The van der Waals surface area contributed by atoms with Crippen molar-refractivity contribution < 1.29 is 4.74 Å². The third-order valence-corrected chi connectivity index (χ3v) is 3.99. The topological polar surface area (TPSA) is 39.1 Å². The van der Waals surface area contributed by atoms with Gasteiger partial charge in [0.2, 0.25) is 0 Å². The Balaban J connectivity index is 1.94. The summed E-state index contributed by atoms with van der Waals surface area (Å²) >= 11 is 0. The lowest BCUT2D eigenvalue weighted by Gasteiger charge is -2.26. The van der Waals surface area contributed by atoms with E-state index in [0.29, 0.717) is 5.92 Å². The number of methoxy groups -OCH3 is 1. The molecule has 106 valence electrons. The minimum Gasteiger partial charge on any atom is -0.379 e. The Bertz CT molecular complexity index is 548. The minimum atomic E-state index is 0.162. The fraction of sp³-hybridized carbons (Fsp3) is 0.438. The number of para-hydroxylation sites is 1. The van der Waals surface area contributed by atoms with Gasteiger partial charge in [0.1, 0.15) is 0 Å². The summed E-state index contributed by atoms with van der Waals surface area (Å²) in [6.45, 7) is 0. The van der Waals surface area contributed by atoms with Crippen molar-refractivity contribution in [3.63, 3.8) is 0 Å². The maximum absolute atomic E-state index is 5.74. The number of nitrogens with zero attached hydrogens (tertiary/aromatic N) is 2. The predicted octanol–water partition coefficient (Wildman–Crippen LogP) is 2.56. The Morgan fingerprint density at radius 2 is 2.00 bits per heavy atom. The van der Waals surface area contributed by atoms with Crippen molar-refractivity contribution in [1.82, 2.24) is 15.1 Å². The van der Waals surface area contributed by atoms with Crippen LogP contribution in [0.1, 0.15) is 24.6 Å². The lowest BCUT2D eigenvalue weighted by Crippen LogP contribution is -2.34. The Morgan fingerprint density at radius 3 is 2.60 bits per heavy atom. The summed E-state index contributed by atoms with van der Waals surface area (Å²) in [5, 5.41) is 7.87. The molecular formula is C16H21N3O. The molecule has 2 atom stereocenters.